The fraction of sp³-hybridized carbons (Fsp3) is 0.111. The van der Waals surface area contributed by atoms with Gasteiger partial charge in [-0.05, 0) is 24.3 Å². The monoisotopic (exact) mass is 175 g/mol. The average Bonchev–Trinajstić information content (AvgIpc) is 2.21. The molecular formula is C9H9N3O. The quantitative estimate of drug-likeness (QED) is 0.412. The highest BCUT2D eigenvalue weighted by atomic mass is 16.5. The minimum Gasteiger partial charge on any atom is -0.497 e. The fourth-order valence-electron chi connectivity index (χ4n) is 0.917. The van der Waals surface area contributed by atoms with Gasteiger partial charge in [0.2, 0.25) is 0 Å². The van der Waals surface area contributed by atoms with Crippen LogP contribution in [0.3, 0.4) is 0 Å². The molecule has 0 atom stereocenters. The van der Waals surface area contributed by atoms with Gasteiger partial charge < -0.3 is 10.6 Å². The molecule has 1 aromatic rings. The maximum absolute atomic E-state index is 8.61. The molecule has 0 unspecified atom stereocenters. The van der Waals surface area contributed by atoms with Crippen molar-refractivity contribution in [3.05, 3.63) is 29.8 Å². The maximum Gasteiger partial charge on any atom is 0.167 e. The number of hydrazone groups is 1. The Labute approximate surface area is 76.2 Å². The molecule has 2 N–H and O–H groups in total. The van der Waals surface area contributed by atoms with E-state index >= 15 is 0 Å². The number of benzene rings is 1. The molecule has 0 aliphatic carbocycles. The van der Waals surface area contributed by atoms with E-state index < -0.39 is 0 Å². The van der Waals surface area contributed by atoms with Crippen LogP contribution < -0.4 is 10.6 Å². The van der Waals surface area contributed by atoms with Gasteiger partial charge in [0.1, 0.15) is 11.8 Å². The predicted molar refractivity (Wildman–Crippen MR) is 49.3 cm³/mol. The summed E-state index contributed by atoms with van der Waals surface area (Å²) in [5.74, 6) is 5.75. The molecule has 0 aliphatic heterocycles. The smallest absolute Gasteiger partial charge is 0.167 e. The van der Waals surface area contributed by atoms with Gasteiger partial charge in [-0.15, -0.1) is 0 Å². The molecule has 4 heteroatoms. The third-order valence-electron chi connectivity index (χ3n) is 1.60. The van der Waals surface area contributed by atoms with Crippen molar-refractivity contribution in [2.45, 2.75) is 0 Å². The van der Waals surface area contributed by atoms with Crippen LogP contribution in [0.1, 0.15) is 5.56 Å². The second kappa shape index (κ2) is 4.12. The zero-order valence-electron chi connectivity index (χ0n) is 7.19. The van der Waals surface area contributed by atoms with E-state index in [4.69, 9.17) is 15.8 Å². The lowest BCUT2D eigenvalue weighted by Crippen LogP contribution is -2.00. The Kier molecular flexibility index (Phi) is 2.87. The van der Waals surface area contributed by atoms with E-state index in [1.807, 2.05) is 6.07 Å². The number of ether oxygens (including phenoxy) is 1. The molecule has 0 saturated heterocycles. The van der Waals surface area contributed by atoms with Crippen molar-refractivity contribution in [1.82, 2.24) is 0 Å². The van der Waals surface area contributed by atoms with E-state index in [-0.39, 0.29) is 5.71 Å². The SMILES string of the molecule is COc1ccc(/C(C#N)=N/N)cc1. The van der Waals surface area contributed by atoms with E-state index in [0.717, 1.165) is 5.75 Å². The van der Waals surface area contributed by atoms with Gasteiger partial charge in [0, 0.05) is 5.56 Å². The zero-order valence-corrected chi connectivity index (χ0v) is 7.19. The van der Waals surface area contributed by atoms with E-state index in [2.05, 4.69) is 5.10 Å². The van der Waals surface area contributed by atoms with E-state index in [1.54, 1.807) is 31.4 Å². The Morgan fingerprint density at radius 3 is 2.46 bits per heavy atom. The maximum atomic E-state index is 8.61. The van der Waals surface area contributed by atoms with Crippen molar-refractivity contribution >= 4 is 5.71 Å². The van der Waals surface area contributed by atoms with Crippen LogP contribution in [0.5, 0.6) is 5.75 Å². The molecule has 0 amide bonds. The third-order valence-corrected chi connectivity index (χ3v) is 1.60. The Hall–Kier alpha value is -2.02. The van der Waals surface area contributed by atoms with Gasteiger partial charge in [-0.1, -0.05) is 0 Å². The van der Waals surface area contributed by atoms with E-state index in [1.165, 1.54) is 0 Å². The highest BCUT2D eigenvalue weighted by Crippen LogP contribution is 2.11. The first kappa shape index (κ1) is 9.07. The molecular weight excluding hydrogens is 166 g/mol. The lowest BCUT2D eigenvalue weighted by Gasteiger charge is -1.99. The molecule has 0 aliphatic rings. The normalized spacial score (nSPS) is 10.6. The van der Waals surface area contributed by atoms with Crippen LogP contribution in [0, 0.1) is 11.3 Å². The Morgan fingerprint density at radius 2 is 2.08 bits per heavy atom. The minimum absolute atomic E-state index is 0.211. The molecule has 0 spiro atoms. The van der Waals surface area contributed by atoms with Gasteiger partial charge in [-0.25, -0.2) is 0 Å². The molecule has 1 aromatic carbocycles. The first-order valence-electron chi connectivity index (χ1n) is 3.64. The van der Waals surface area contributed by atoms with E-state index in [0.29, 0.717) is 5.56 Å². The van der Waals surface area contributed by atoms with Crippen molar-refractivity contribution in [2.24, 2.45) is 10.9 Å². The summed E-state index contributed by atoms with van der Waals surface area (Å²) in [5, 5.41) is 12.0. The van der Waals surface area contributed by atoms with Crippen molar-refractivity contribution in [3.8, 4) is 11.8 Å². The van der Waals surface area contributed by atoms with Gasteiger partial charge in [-0.3, -0.25) is 0 Å². The summed E-state index contributed by atoms with van der Waals surface area (Å²) in [4.78, 5) is 0. The molecule has 0 aromatic heterocycles. The van der Waals surface area contributed by atoms with Crippen LogP contribution in [-0.2, 0) is 0 Å². The summed E-state index contributed by atoms with van der Waals surface area (Å²) < 4.78 is 4.96. The number of hydrogen-bond donors (Lipinski definition) is 1. The van der Waals surface area contributed by atoms with Gasteiger partial charge in [-0.2, -0.15) is 10.4 Å². The van der Waals surface area contributed by atoms with Crippen molar-refractivity contribution in [1.29, 1.82) is 5.26 Å². The summed E-state index contributed by atoms with van der Waals surface area (Å²) in [6.07, 6.45) is 0. The molecule has 0 saturated carbocycles. The van der Waals surface area contributed by atoms with Crippen LogP contribution >= 0.6 is 0 Å². The first-order valence-corrected chi connectivity index (χ1v) is 3.64. The van der Waals surface area contributed by atoms with E-state index in [9.17, 15) is 0 Å². The molecule has 66 valence electrons. The van der Waals surface area contributed by atoms with Crippen molar-refractivity contribution in [3.63, 3.8) is 0 Å². The Bertz CT molecular complexity index is 348. The Morgan fingerprint density at radius 1 is 1.46 bits per heavy atom. The predicted octanol–water partition coefficient (Wildman–Crippen LogP) is 0.882. The molecule has 0 bridgehead atoms. The van der Waals surface area contributed by atoms with Gasteiger partial charge in [0.05, 0.1) is 7.11 Å². The minimum atomic E-state index is 0.211. The second-order valence-electron chi connectivity index (χ2n) is 2.32. The Balaban J connectivity index is 3.00. The lowest BCUT2D eigenvalue weighted by atomic mass is 10.1. The van der Waals surface area contributed by atoms with Crippen molar-refractivity contribution < 1.29 is 4.74 Å². The number of methoxy groups -OCH3 is 1. The molecule has 13 heavy (non-hydrogen) atoms. The average molecular weight is 175 g/mol. The summed E-state index contributed by atoms with van der Waals surface area (Å²) in [6, 6.07) is 8.85. The van der Waals surface area contributed by atoms with Crippen LogP contribution in [0.2, 0.25) is 0 Å². The highest BCUT2D eigenvalue weighted by Gasteiger charge is 2.00. The second-order valence-corrected chi connectivity index (χ2v) is 2.32. The highest BCUT2D eigenvalue weighted by molar-refractivity contribution is 6.11. The fourth-order valence-corrected chi connectivity index (χ4v) is 0.917. The number of nitrogens with zero attached hydrogens (tertiary/aromatic N) is 2. The third kappa shape index (κ3) is 1.97. The molecule has 0 fully saturated rings. The van der Waals surface area contributed by atoms with Crippen LogP contribution in [0.15, 0.2) is 29.4 Å². The number of nitriles is 1. The topological polar surface area (TPSA) is 71.4 Å². The number of nitrogens with two attached hydrogens (primary N) is 1. The van der Waals surface area contributed by atoms with Gasteiger partial charge >= 0.3 is 0 Å². The van der Waals surface area contributed by atoms with Crippen molar-refractivity contribution in [2.75, 3.05) is 7.11 Å². The van der Waals surface area contributed by atoms with Crippen LogP contribution in [0.4, 0.5) is 0 Å². The standard InChI is InChI=1S/C9H9N3O/c1-13-8-4-2-7(3-5-8)9(6-10)12-11/h2-5H,11H2,1H3/b12-9+. The molecule has 0 radical (unpaired) electrons. The number of rotatable bonds is 2. The lowest BCUT2D eigenvalue weighted by molar-refractivity contribution is 0.415. The van der Waals surface area contributed by atoms with Crippen LogP contribution in [0.25, 0.3) is 0 Å². The largest absolute Gasteiger partial charge is 0.497 e. The molecule has 1 rings (SSSR count). The zero-order chi connectivity index (χ0) is 9.68. The van der Waals surface area contributed by atoms with Gasteiger partial charge in [0.15, 0.2) is 5.71 Å². The summed E-state index contributed by atoms with van der Waals surface area (Å²) >= 11 is 0. The van der Waals surface area contributed by atoms with Gasteiger partial charge in [0.25, 0.3) is 0 Å². The summed E-state index contributed by atoms with van der Waals surface area (Å²) in [7, 11) is 1.58. The molecule has 0 heterocycles. The first-order chi connectivity index (χ1) is 6.31. The molecule has 4 nitrogen and oxygen atoms in total. The summed E-state index contributed by atoms with van der Waals surface area (Å²) in [6.45, 7) is 0. The number of hydrogen-bond acceptors (Lipinski definition) is 4. The summed E-state index contributed by atoms with van der Waals surface area (Å²) in [5.41, 5.74) is 0.897. The van der Waals surface area contributed by atoms with Crippen LogP contribution in [-0.4, -0.2) is 12.8 Å².